The lowest BCUT2D eigenvalue weighted by Gasteiger charge is -2.20. The van der Waals surface area contributed by atoms with Crippen LogP contribution >= 0.6 is 15.9 Å². The monoisotopic (exact) mass is 388 g/mol. The molecule has 0 spiro atoms. The van der Waals surface area contributed by atoms with Crippen molar-refractivity contribution < 1.29 is 4.79 Å². The minimum Gasteiger partial charge on any atom is -0.355 e. The van der Waals surface area contributed by atoms with Gasteiger partial charge in [0.1, 0.15) is 0 Å². The van der Waals surface area contributed by atoms with Crippen LogP contribution in [0.3, 0.4) is 0 Å². The average Bonchev–Trinajstić information content (AvgIpc) is 2.85. The third-order valence-corrected chi connectivity index (χ3v) is 4.59. The molecule has 24 heavy (non-hydrogen) atoms. The maximum Gasteiger partial charge on any atom is 0.229 e. The highest BCUT2D eigenvalue weighted by molar-refractivity contribution is 9.10. The van der Waals surface area contributed by atoms with Crippen LogP contribution in [0, 0.1) is 0 Å². The molecule has 2 aromatic rings. The summed E-state index contributed by atoms with van der Waals surface area (Å²) in [7, 11) is 0. The largest absolute Gasteiger partial charge is 0.355 e. The molecule has 0 radical (unpaired) electrons. The van der Waals surface area contributed by atoms with E-state index in [2.05, 4.69) is 36.3 Å². The molecule has 0 saturated carbocycles. The number of carbonyl (C=O) groups is 1. The van der Waals surface area contributed by atoms with E-state index in [9.17, 15) is 4.79 Å². The predicted octanol–water partition coefficient (Wildman–Crippen LogP) is 3.80. The summed E-state index contributed by atoms with van der Waals surface area (Å²) in [5.74, 6) is 1.29. The number of amides is 1. The molecule has 1 amide bonds. The summed E-state index contributed by atoms with van der Waals surface area (Å²) in [6.07, 6.45) is 5.29. The quantitative estimate of drug-likeness (QED) is 0.864. The van der Waals surface area contributed by atoms with E-state index in [-0.39, 0.29) is 5.91 Å². The Labute approximate surface area is 150 Å². The maximum atomic E-state index is 12.1. The Morgan fingerprint density at radius 2 is 1.88 bits per heavy atom. The van der Waals surface area contributed by atoms with E-state index in [1.54, 1.807) is 0 Å². The number of rotatable bonds is 4. The number of hydrogen-bond acceptors (Lipinski definition) is 4. The lowest BCUT2D eigenvalue weighted by molar-refractivity contribution is -0.115. The molecule has 1 aliphatic heterocycles. The van der Waals surface area contributed by atoms with Crippen molar-refractivity contribution in [2.45, 2.75) is 32.1 Å². The van der Waals surface area contributed by atoms with Gasteiger partial charge in [-0.3, -0.25) is 4.79 Å². The normalized spacial score (nSPS) is 15.0. The van der Waals surface area contributed by atoms with Gasteiger partial charge in [-0.05, 0) is 42.7 Å². The fourth-order valence-corrected chi connectivity index (χ4v) is 3.33. The van der Waals surface area contributed by atoms with Gasteiger partial charge in [-0.25, -0.2) is 0 Å². The van der Waals surface area contributed by atoms with Gasteiger partial charge in [0.15, 0.2) is 11.6 Å². The summed E-state index contributed by atoms with van der Waals surface area (Å²) in [6, 6.07) is 11.5. The summed E-state index contributed by atoms with van der Waals surface area (Å²) in [5, 5.41) is 11.2. The van der Waals surface area contributed by atoms with E-state index >= 15 is 0 Å². The van der Waals surface area contributed by atoms with Crippen molar-refractivity contribution in [2.24, 2.45) is 0 Å². The third-order valence-electron chi connectivity index (χ3n) is 4.10. The molecule has 1 aromatic carbocycles. The predicted molar refractivity (Wildman–Crippen MR) is 99.2 cm³/mol. The van der Waals surface area contributed by atoms with Gasteiger partial charge >= 0.3 is 0 Å². The molecular formula is C18H21BrN4O. The first-order valence-corrected chi connectivity index (χ1v) is 9.13. The van der Waals surface area contributed by atoms with Gasteiger partial charge in [0.2, 0.25) is 5.91 Å². The van der Waals surface area contributed by atoms with Crippen molar-refractivity contribution >= 4 is 33.5 Å². The molecule has 1 N–H and O–H groups in total. The molecule has 3 rings (SSSR count). The second-order valence-electron chi connectivity index (χ2n) is 6.03. The highest BCUT2D eigenvalue weighted by Gasteiger charge is 2.12. The fraction of sp³-hybridized carbons (Fsp3) is 0.389. The first-order chi connectivity index (χ1) is 11.7. The van der Waals surface area contributed by atoms with Crippen LogP contribution in [0.4, 0.5) is 11.6 Å². The zero-order valence-electron chi connectivity index (χ0n) is 13.5. The number of carbonyl (C=O) groups excluding carboxylic acids is 1. The molecular weight excluding hydrogens is 368 g/mol. The first-order valence-electron chi connectivity index (χ1n) is 8.34. The van der Waals surface area contributed by atoms with Gasteiger partial charge in [0.05, 0.1) is 6.42 Å². The Kier molecular flexibility index (Phi) is 5.80. The highest BCUT2D eigenvalue weighted by atomic mass is 79.9. The Balaban J connectivity index is 1.58. The number of nitrogens with zero attached hydrogens (tertiary/aromatic N) is 3. The summed E-state index contributed by atoms with van der Waals surface area (Å²) >= 11 is 3.41. The number of benzene rings is 1. The fourth-order valence-electron chi connectivity index (χ4n) is 2.88. The molecule has 126 valence electrons. The van der Waals surface area contributed by atoms with Gasteiger partial charge in [-0.15, -0.1) is 10.2 Å². The second-order valence-corrected chi connectivity index (χ2v) is 6.95. The number of hydrogen-bond donors (Lipinski definition) is 1. The SMILES string of the molecule is O=C(Cc1cccc(Br)c1)Nc1ccc(N2CCCCCC2)nn1. The van der Waals surface area contributed by atoms with E-state index in [1.165, 1.54) is 25.7 Å². The van der Waals surface area contributed by atoms with E-state index in [0.717, 1.165) is 28.9 Å². The van der Waals surface area contributed by atoms with Gasteiger partial charge in [-0.2, -0.15) is 0 Å². The summed E-state index contributed by atoms with van der Waals surface area (Å²) < 4.78 is 0.967. The summed E-state index contributed by atoms with van der Waals surface area (Å²) in [4.78, 5) is 14.4. The molecule has 0 aliphatic carbocycles. The zero-order chi connectivity index (χ0) is 16.8. The molecule has 0 atom stereocenters. The first kappa shape index (κ1) is 16.9. The Morgan fingerprint density at radius 1 is 1.08 bits per heavy atom. The Morgan fingerprint density at radius 3 is 2.54 bits per heavy atom. The lowest BCUT2D eigenvalue weighted by atomic mass is 10.1. The lowest BCUT2D eigenvalue weighted by Crippen LogP contribution is -2.25. The second kappa shape index (κ2) is 8.24. The maximum absolute atomic E-state index is 12.1. The minimum atomic E-state index is -0.0927. The van der Waals surface area contributed by atoms with Gasteiger partial charge in [-0.1, -0.05) is 40.9 Å². The van der Waals surface area contributed by atoms with Crippen molar-refractivity contribution in [3.05, 3.63) is 46.4 Å². The van der Waals surface area contributed by atoms with Crippen LogP contribution in [0.5, 0.6) is 0 Å². The minimum absolute atomic E-state index is 0.0927. The zero-order valence-corrected chi connectivity index (χ0v) is 15.1. The topological polar surface area (TPSA) is 58.1 Å². The van der Waals surface area contributed by atoms with Crippen LogP contribution < -0.4 is 10.2 Å². The third kappa shape index (κ3) is 4.77. The van der Waals surface area contributed by atoms with Crippen LogP contribution in [0.2, 0.25) is 0 Å². The van der Waals surface area contributed by atoms with Gasteiger partial charge < -0.3 is 10.2 Å². The van der Waals surface area contributed by atoms with Crippen LogP contribution in [0.1, 0.15) is 31.2 Å². The van der Waals surface area contributed by atoms with Crippen molar-refractivity contribution in [1.82, 2.24) is 10.2 Å². The van der Waals surface area contributed by atoms with E-state index in [0.29, 0.717) is 12.2 Å². The number of anilines is 2. The number of halogens is 1. The molecule has 1 aliphatic rings. The van der Waals surface area contributed by atoms with Crippen LogP contribution in [0.15, 0.2) is 40.9 Å². The Hall–Kier alpha value is -1.95. The van der Waals surface area contributed by atoms with Crippen molar-refractivity contribution in [3.63, 3.8) is 0 Å². The van der Waals surface area contributed by atoms with Crippen molar-refractivity contribution in [1.29, 1.82) is 0 Å². The van der Waals surface area contributed by atoms with E-state index in [4.69, 9.17) is 0 Å². The summed E-state index contributed by atoms with van der Waals surface area (Å²) in [6.45, 7) is 2.06. The van der Waals surface area contributed by atoms with E-state index < -0.39 is 0 Å². The van der Waals surface area contributed by atoms with Crippen molar-refractivity contribution in [2.75, 3.05) is 23.3 Å². The van der Waals surface area contributed by atoms with Gasteiger partial charge in [0, 0.05) is 17.6 Å². The molecule has 6 heteroatoms. The summed E-state index contributed by atoms with van der Waals surface area (Å²) in [5.41, 5.74) is 0.955. The van der Waals surface area contributed by atoms with Gasteiger partial charge in [0.25, 0.3) is 0 Å². The molecule has 1 fully saturated rings. The molecule has 0 unspecified atom stereocenters. The standard InChI is InChI=1S/C18H21BrN4O/c19-15-7-5-6-14(12-15)13-18(24)20-16-8-9-17(22-21-16)23-10-3-1-2-4-11-23/h5-9,12H,1-4,10-11,13H2,(H,20,21,24). The smallest absolute Gasteiger partial charge is 0.229 e. The highest BCUT2D eigenvalue weighted by Crippen LogP contribution is 2.18. The average molecular weight is 389 g/mol. The molecule has 1 aromatic heterocycles. The van der Waals surface area contributed by atoms with Crippen LogP contribution in [0.25, 0.3) is 0 Å². The van der Waals surface area contributed by atoms with Crippen LogP contribution in [-0.2, 0) is 11.2 Å². The molecule has 1 saturated heterocycles. The molecule has 2 heterocycles. The van der Waals surface area contributed by atoms with Crippen molar-refractivity contribution in [3.8, 4) is 0 Å². The molecule has 0 bridgehead atoms. The number of aromatic nitrogens is 2. The number of nitrogens with one attached hydrogen (secondary N) is 1. The van der Waals surface area contributed by atoms with E-state index in [1.807, 2.05) is 36.4 Å². The van der Waals surface area contributed by atoms with Crippen LogP contribution in [-0.4, -0.2) is 29.2 Å². The molecule has 5 nitrogen and oxygen atoms in total. The Bertz CT molecular complexity index is 682.